The molecule has 0 aromatic carbocycles. The average molecular weight is 355 g/mol. The van der Waals surface area contributed by atoms with Gasteiger partial charge in [0, 0.05) is 37.0 Å². The molecule has 0 saturated heterocycles. The van der Waals surface area contributed by atoms with Crippen molar-refractivity contribution in [2.45, 2.75) is 32.6 Å². The van der Waals surface area contributed by atoms with E-state index in [1.165, 1.54) is 4.88 Å². The summed E-state index contributed by atoms with van der Waals surface area (Å²) in [5.74, 6) is 0.904. The first-order valence-electron chi connectivity index (χ1n) is 8.73. The molecule has 1 aromatic rings. The van der Waals surface area contributed by atoms with Gasteiger partial charge in [-0.2, -0.15) is 0 Å². The number of guanidine groups is 1. The fourth-order valence-electron chi connectivity index (χ4n) is 2.27. The molecule has 0 unspecified atom stereocenters. The highest BCUT2D eigenvalue weighted by Gasteiger charge is 2.21. The Hall–Kier alpha value is -1.11. The van der Waals surface area contributed by atoms with Gasteiger partial charge in [-0.1, -0.05) is 19.9 Å². The highest BCUT2D eigenvalue weighted by molar-refractivity contribution is 7.10. The lowest BCUT2D eigenvalue weighted by Crippen LogP contribution is -2.39. The number of rotatable bonds is 11. The first-order chi connectivity index (χ1) is 11.5. The first kappa shape index (κ1) is 20.9. The number of hydrogen-bond acceptors (Lipinski definition) is 4. The average Bonchev–Trinajstić information content (AvgIpc) is 3.10. The standard InChI is InChI=1S/C18H34N4OS/c1-6-19-17(20-10-8-11-22(4)12-13-23-5)21-15-18(2,3)16-9-7-14-24-16/h7,9,14H,6,8,10-13,15H2,1-5H3,(H2,19,20,21). The van der Waals surface area contributed by atoms with E-state index in [1.807, 2.05) is 0 Å². The highest BCUT2D eigenvalue weighted by Crippen LogP contribution is 2.27. The summed E-state index contributed by atoms with van der Waals surface area (Å²) in [7, 11) is 3.87. The van der Waals surface area contributed by atoms with Crippen molar-refractivity contribution in [3.63, 3.8) is 0 Å². The normalized spacial score (nSPS) is 12.7. The van der Waals surface area contributed by atoms with Gasteiger partial charge >= 0.3 is 0 Å². The third-order valence-electron chi connectivity index (χ3n) is 3.85. The van der Waals surface area contributed by atoms with Gasteiger partial charge < -0.3 is 20.3 Å². The Morgan fingerprint density at radius 3 is 2.75 bits per heavy atom. The molecule has 1 rings (SSSR count). The maximum absolute atomic E-state index is 5.10. The zero-order chi connectivity index (χ0) is 17.8. The van der Waals surface area contributed by atoms with Crippen LogP contribution in [0.4, 0.5) is 0 Å². The molecule has 0 aliphatic carbocycles. The maximum Gasteiger partial charge on any atom is 0.191 e. The van der Waals surface area contributed by atoms with Crippen LogP contribution in [0.5, 0.6) is 0 Å². The van der Waals surface area contributed by atoms with Gasteiger partial charge in [0.25, 0.3) is 0 Å². The molecular formula is C18H34N4OS. The van der Waals surface area contributed by atoms with Crippen molar-refractivity contribution in [1.82, 2.24) is 15.5 Å². The molecule has 0 saturated carbocycles. The monoisotopic (exact) mass is 354 g/mol. The van der Waals surface area contributed by atoms with Gasteiger partial charge in [0.1, 0.15) is 0 Å². The van der Waals surface area contributed by atoms with E-state index in [0.29, 0.717) is 0 Å². The summed E-state index contributed by atoms with van der Waals surface area (Å²) in [6.07, 6.45) is 1.08. The van der Waals surface area contributed by atoms with Crippen LogP contribution in [-0.4, -0.2) is 64.3 Å². The van der Waals surface area contributed by atoms with Crippen LogP contribution in [0.1, 0.15) is 32.1 Å². The molecule has 0 radical (unpaired) electrons. The number of aliphatic imine (C=N–C) groups is 1. The van der Waals surface area contributed by atoms with Crippen LogP contribution in [0, 0.1) is 0 Å². The van der Waals surface area contributed by atoms with E-state index in [9.17, 15) is 0 Å². The van der Waals surface area contributed by atoms with Crippen molar-refractivity contribution in [3.8, 4) is 0 Å². The van der Waals surface area contributed by atoms with E-state index in [4.69, 9.17) is 9.73 Å². The summed E-state index contributed by atoms with van der Waals surface area (Å²) >= 11 is 1.80. The molecule has 0 spiro atoms. The van der Waals surface area contributed by atoms with Crippen molar-refractivity contribution in [1.29, 1.82) is 0 Å². The van der Waals surface area contributed by atoms with Gasteiger partial charge in [-0.3, -0.25) is 4.99 Å². The number of ether oxygens (including phenoxy) is 1. The summed E-state index contributed by atoms with van der Waals surface area (Å²) in [4.78, 5) is 8.44. The Labute approximate surface area is 151 Å². The fraction of sp³-hybridized carbons (Fsp3) is 0.722. The number of methoxy groups -OCH3 is 1. The Morgan fingerprint density at radius 1 is 1.33 bits per heavy atom. The highest BCUT2D eigenvalue weighted by atomic mass is 32.1. The zero-order valence-corrected chi connectivity index (χ0v) is 16.7. The number of thiophene rings is 1. The molecule has 5 nitrogen and oxygen atoms in total. The van der Waals surface area contributed by atoms with E-state index >= 15 is 0 Å². The zero-order valence-electron chi connectivity index (χ0n) is 15.9. The van der Waals surface area contributed by atoms with E-state index in [1.54, 1.807) is 18.4 Å². The van der Waals surface area contributed by atoms with Crippen LogP contribution in [0.2, 0.25) is 0 Å². The predicted molar refractivity (Wildman–Crippen MR) is 105 cm³/mol. The van der Waals surface area contributed by atoms with Crippen LogP contribution in [0.3, 0.4) is 0 Å². The van der Waals surface area contributed by atoms with Crippen LogP contribution in [-0.2, 0) is 10.2 Å². The molecule has 0 bridgehead atoms. The summed E-state index contributed by atoms with van der Waals surface area (Å²) < 4.78 is 5.10. The van der Waals surface area contributed by atoms with Crippen molar-refractivity contribution < 1.29 is 4.74 Å². The molecular weight excluding hydrogens is 320 g/mol. The van der Waals surface area contributed by atoms with Crippen LogP contribution < -0.4 is 10.6 Å². The molecule has 138 valence electrons. The quantitative estimate of drug-likeness (QED) is 0.364. The molecule has 6 heteroatoms. The van der Waals surface area contributed by atoms with Crippen LogP contribution in [0.25, 0.3) is 0 Å². The number of likely N-dealkylation sites (N-methyl/N-ethyl adjacent to an activating group) is 1. The summed E-state index contributed by atoms with van der Waals surface area (Å²) in [6, 6.07) is 4.30. The largest absolute Gasteiger partial charge is 0.383 e. The minimum Gasteiger partial charge on any atom is -0.383 e. The lowest BCUT2D eigenvalue weighted by molar-refractivity contribution is 0.161. The Balaban J connectivity index is 2.40. The van der Waals surface area contributed by atoms with E-state index in [2.05, 4.69) is 60.9 Å². The molecule has 0 fully saturated rings. The minimum atomic E-state index is 0.0664. The Morgan fingerprint density at radius 2 is 2.12 bits per heavy atom. The predicted octanol–water partition coefficient (Wildman–Crippen LogP) is 2.55. The lowest BCUT2D eigenvalue weighted by Gasteiger charge is -2.22. The van der Waals surface area contributed by atoms with E-state index < -0.39 is 0 Å². The molecule has 0 aliphatic heterocycles. The summed E-state index contributed by atoms with van der Waals surface area (Å²) in [5.41, 5.74) is 0.0664. The van der Waals surface area contributed by atoms with Crippen molar-refractivity contribution in [3.05, 3.63) is 22.4 Å². The molecule has 0 atom stereocenters. The van der Waals surface area contributed by atoms with Crippen LogP contribution >= 0.6 is 11.3 Å². The number of hydrogen-bond donors (Lipinski definition) is 2. The third-order valence-corrected chi connectivity index (χ3v) is 5.09. The second-order valence-electron chi connectivity index (χ2n) is 6.63. The third kappa shape index (κ3) is 8.13. The molecule has 0 aliphatic rings. The topological polar surface area (TPSA) is 48.9 Å². The first-order valence-corrected chi connectivity index (χ1v) is 9.61. The van der Waals surface area contributed by atoms with Gasteiger partial charge in [-0.15, -0.1) is 11.3 Å². The Bertz CT molecular complexity index is 460. The van der Waals surface area contributed by atoms with Crippen LogP contribution in [0.15, 0.2) is 22.5 Å². The lowest BCUT2D eigenvalue weighted by atomic mass is 9.92. The Kier molecular flexibility index (Phi) is 9.98. The minimum absolute atomic E-state index is 0.0664. The summed E-state index contributed by atoms with van der Waals surface area (Å²) in [5, 5.41) is 8.90. The van der Waals surface area contributed by atoms with Gasteiger partial charge in [0.2, 0.25) is 0 Å². The number of nitrogens with zero attached hydrogens (tertiary/aromatic N) is 2. The second-order valence-corrected chi connectivity index (χ2v) is 7.58. The molecule has 2 N–H and O–H groups in total. The molecule has 0 amide bonds. The summed E-state index contributed by atoms with van der Waals surface area (Å²) in [6.45, 7) is 12.0. The molecule has 1 aromatic heterocycles. The van der Waals surface area contributed by atoms with Gasteiger partial charge in [-0.25, -0.2) is 0 Å². The maximum atomic E-state index is 5.10. The van der Waals surface area contributed by atoms with Gasteiger partial charge in [-0.05, 0) is 38.4 Å². The number of nitrogens with one attached hydrogen (secondary N) is 2. The van der Waals surface area contributed by atoms with E-state index in [-0.39, 0.29) is 5.41 Å². The van der Waals surface area contributed by atoms with Crippen molar-refractivity contribution in [2.24, 2.45) is 4.99 Å². The van der Waals surface area contributed by atoms with Gasteiger partial charge in [0.15, 0.2) is 5.96 Å². The van der Waals surface area contributed by atoms with Crippen molar-refractivity contribution in [2.75, 3.05) is 53.5 Å². The van der Waals surface area contributed by atoms with Gasteiger partial charge in [0.05, 0.1) is 13.2 Å². The smallest absolute Gasteiger partial charge is 0.191 e. The fourth-order valence-corrected chi connectivity index (χ4v) is 3.12. The SMILES string of the molecule is CCNC(=NCC(C)(C)c1cccs1)NCCCN(C)CCOC. The van der Waals surface area contributed by atoms with Crippen molar-refractivity contribution >= 4 is 17.3 Å². The molecule has 1 heterocycles. The second kappa shape index (κ2) is 11.4. The molecule has 24 heavy (non-hydrogen) atoms. The van der Waals surface area contributed by atoms with E-state index in [0.717, 1.165) is 51.7 Å².